The highest BCUT2D eigenvalue weighted by molar-refractivity contribution is 6.02. The summed E-state index contributed by atoms with van der Waals surface area (Å²) < 4.78 is 48.7. The van der Waals surface area contributed by atoms with Gasteiger partial charge in [-0.15, -0.1) is 0 Å². The van der Waals surface area contributed by atoms with Crippen LogP contribution in [0.3, 0.4) is 0 Å². The van der Waals surface area contributed by atoms with Crippen LogP contribution in [-0.2, 0) is 15.1 Å². The summed E-state index contributed by atoms with van der Waals surface area (Å²) in [7, 11) is 0. The van der Waals surface area contributed by atoms with Crippen molar-refractivity contribution in [1.29, 1.82) is 5.26 Å². The number of nitrogens with one attached hydrogen (secondary N) is 1. The van der Waals surface area contributed by atoms with Crippen LogP contribution in [0.1, 0.15) is 28.5 Å². The summed E-state index contributed by atoms with van der Waals surface area (Å²) in [6.07, 6.45) is 1.22. The molecule has 1 amide bonds. The Labute approximate surface area is 180 Å². The number of aliphatic imine (C=N–C) groups is 1. The number of alkyl halides is 2. The van der Waals surface area contributed by atoms with Crippen molar-refractivity contribution in [2.75, 3.05) is 18.5 Å². The highest BCUT2D eigenvalue weighted by Crippen LogP contribution is 2.44. The van der Waals surface area contributed by atoms with Crippen LogP contribution in [0.25, 0.3) is 0 Å². The van der Waals surface area contributed by atoms with E-state index in [0.29, 0.717) is 0 Å². The molecule has 1 aliphatic heterocycles. The first-order valence-electron chi connectivity index (χ1n) is 8.93. The number of amides is 1. The maximum absolute atomic E-state index is 14.7. The number of carbonyl (C=O) groups excluding carboxylic acids is 1. The van der Waals surface area contributed by atoms with Crippen molar-refractivity contribution >= 4 is 23.9 Å². The third-order valence-electron chi connectivity index (χ3n) is 4.49. The van der Waals surface area contributed by atoms with Gasteiger partial charge < -0.3 is 20.9 Å². The van der Waals surface area contributed by atoms with Crippen molar-refractivity contribution in [3.8, 4) is 6.07 Å². The first kappa shape index (κ1) is 24.3. The molecule has 0 fully saturated rings. The SMILES string of the molecule is C[C@]1(c2cc(NC(=O)c3ccc(C#N)cn3)ccc2F)N=C(N)COCC1(F)F.O=CO. The molecule has 0 radical (unpaired) electrons. The molecule has 0 bridgehead atoms. The fraction of sp³-hybridized carbons (Fsp3) is 0.250. The Morgan fingerprint density at radius 2 is 2.06 bits per heavy atom. The van der Waals surface area contributed by atoms with Crippen molar-refractivity contribution in [3.63, 3.8) is 0 Å². The predicted molar refractivity (Wildman–Crippen MR) is 107 cm³/mol. The van der Waals surface area contributed by atoms with Gasteiger partial charge in [0.15, 0.2) is 5.54 Å². The predicted octanol–water partition coefficient (Wildman–Crippen LogP) is 2.28. The van der Waals surface area contributed by atoms with Crippen LogP contribution in [-0.4, -0.2) is 47.4 Å². The van der Waals surface area contributed by atoms with E-state index < -0.39 is 35.4 Å². The van der Waals surface area contributed by atoms with Gasteiger partial charge in [-0.1, -0.05) is 0 Å². The Morgan fingerprint density at radius 3 is 2.66 bits per heavy atom. The van der Waals surface area contributed by atoms with Crippen molar-refractivity contribution in [2.45, 2.75) is 18.4 Å². The van der Waals surface area contributed by atoms with Crippen LogP contribution < -0.4 is 11.1 Å². The second kappa shape index (κ2) is 9.88. The number of nitriles is 1. The van der Waals surface area contributed by atoms with E-state index in [1.807, 2.05) is 6.07 Å². The number of ether oxygens (including phenoxy) is 1. The largest absolute Gasteiger partial charge is 0.483 e. The van der Waals surface area contributed by atoms with Gasteiger partial charge in [0.05, 0.1) is 5.56 Å². The molecule has 2 heterocycles. The number of benzene rings is 1. The summed E-state index contributed by atoms with van der Waals surface area (Å²) in [4.78, 5) is 28.4. The van der Waals surface area contributed by atoms with Crippen molar-refractivity contribution in [2.24, 2.45) is 10.7 Å². The molecule has 168 valence electrons. The van der Waals surface area contributed by atoms with Gasteiger partial charge in [-0.2, -0.15) is 5.26 Å². The van der Waals surface area contributed by atoms with E-state index in [4.69, 9.17) is 25.6 Å². The first-order chi connectivity index (χ1) is 15.1. The molecule has 1 aromatic carbocycles. The van der Waals surface area contributed by atoms with Crippen LogP contribution in [0.15, 0.2) is 41.5 Å². The van der Waals surface area contributed by atoms with Crippen LogP contribution in [0.5, 0.6) is 0 Å². The minimum Gasteiger partial charge on any atom is -0.483 e. The van der Waals surface area contributed by atoms with E-state index in [0.717, 1.165) is 19.1 Å². The fourth-order valence-corrected chi connectivity index (χ4v) is 2.85. The summed E-state index contributed by atoms with van der Waals surface area (Å²) in [6.45, 7) is -0.479. The van der Waals surface area contributed by atoms with E-state index >= 15 is 0 Å². The fourth-order valence-electron chi connectivity index (χ4n) is 2.85. The zero-order chi connectivity index (χ0) is 23.9. The maximum Gasteiger partial charge on any atom is 0.299 e. The smallest absolute Gasteiger partial charge is 0.299 e. The number of carboxylic acid groups (broad SMARTS) is 1. The second-order valence-corrected chi connectivity index (χ2v) is 6.67. The number of anilines is 1. The van der Waals surface area contributed by atoms with E-state index in [1.54, 1.807) is 0 Å². The van der Waals surface area contributed by atoms with Gasteiger partial charge in [0.2, 0.25) is 0 Å². The summed E-state index contributed by atoms with van der Waals surface area (Å²) in [6, 6.07) is 7.87. The highest BCUT2D eigenvalue weighted by Gasteiger charge is 2.54. The molecule has 2 aromatic rings. The number of aromatic nitrogens is 1. The molecule has 0 aliphatic carbocycles. The van der Waals surface area contributed by atoms with Crippen molar-refractivity contribution < 1.29 is 32.6 Å². The summed E-state index contributed by atoms with van der Waals surface area (Å²) in [5.41, 5.74) is 3.16. The quantitative estimate of drug-likeness (QED) is 0.608. The second-order valence-electron chi connectivity index (χ2n) is 6.67. The lowest BCUT2D eigenvalue weighted by Crippen LogP contribution is -2.45. The minimum atomic E-state index is -3.55. The first-order valence-corrected chi connectivity index (χ1v) is 8.93. The monoisotopic (exact) mass is 449 g/mol. The molecule has 1 aromatic heterocycles. The normalized spacial score (nSPS) is 19.3. The molecular formula is C20H18F3N5O4. The zero-order valence-corrected chi connectivity index (χ0v) is 16.7. The van der Waals surface area contributed by atoms with E-state index in [-0.39, 0.29) is 35.9 Å². The molecule has 9 nitrogen and oxygen atoms in total. The van der Waals surface area contributed by atoms with Gasteiger partial charge in [-0.3, -0.25) is 14.6 Å². The Morgan fingerprint density at radius 1 is 1.38 bits per heavy atom. The Balaban J connectivity index is 0.00000114. The number of rotatable bonds is 3. The molecular weight excluding hydrogens is 431 g/mol. The molecule has 0 saturated carbocycles. The molecule has 32 heavy (non-hydrogen) atoms. The standard InChI is InChI=1S/C19H16F3N5O2.CH2O2/c1-18(19(21,22)10-29-9-16(24)27-18)13-6-12(3-4-14(13)20)26-17(28)15-5-2-11(7-23)8-25-15;2-1-3/h2-6,8H,9-10H2,1H3,(H2,24,27)(H,26,28);1H,(H,2,3)/t18-;/m1./s1. The van der Waals surface area contributed by atoms with E-state index in [9.17, 15) is 18.0 Å². The van der Waals surface area contributed by atoms with Gasteiger partial charge in [0.1, 0.15) is 36.6 Å². The number of carbonyl (C=O) groups is 2. The average molecular weight is 449 g/mol. The van der Waals surface area contributed by atoms with Crippen LogP contribution in [0, 0.1) is 17.1 Å². The van der Waals surface area contributed by atoms with Crippen molar-refractivity contribution in [1.82, 2.24) is 4.98 Å². The van der Waals surface area contributed by atoms with Crippen molar-refractivity contribution in [3.05, 3.63) is 59.2 Å². The molecule has 1 atom stereocenters. The lowest BCUT2D eigenvalue weighted by molar-refractivity contribution is -0.122. The molecule has 0 saturated heterocycles. The third kappa shape index (κ3) is 5.19. The number of halogens is 3. The number of hydrogen-bond donors (Lipinski definition) is 3. The van der Waals surface area contributed by atoms with E-state index in [1.165, 1.54) is 24.4 Å². The number of pyridine rings is 1. The highest BCUT2D eigenvalue weighted by atomic mass is 19.3. The number of hydrogen-bond acceptors (Lipinski definition) is 7. The average Bonchev–Trinajstić information content (AvgIpc) is 2.85. The molecule has 12 heteroatoms. The molecule has 3 rings (SSSR count). The molecule has 4 N–H and O–H groups in total. The summed E-state index contributed by atoms with van der Waals surface area (Å²) in [5.74, 6) is -5.33. The van der Waals surface area contributed by atoms with Crippen LogP contribution in [0.2, 0.25) is 0 Å². The lowest BCUT2D eigenvalue weighted by atomic mass is 9.85. The zero-order valence-electron chi connectivity index (χ0n) is 16.7. The summed E-state index contributed by atoms with van der Waals surface area (Å²) >= 11 is 0. The number of nitrogens with zero attached hydrogens (tertiary/aromatic N) is 3. The molecule has 0 unspecified atom stereocenters. The molecule has 1 aliphatic rings. The Kier molecular flexibility index (Phi) is 7.50. The topological polar surface area (TPSA) is 151 Å². The van der Waals surface area contributed by atoms with Gasteiger partial charge in [0, 0.05) is 17.4 Å². The summed E-state index contributed by atoms with van der Waals surface area (Å²) in [5, 5.41) is 18.1. The Hall–Kier alpha value is -3.98. The van der Waals surface area contributed by atoms with Gasteiger partial charge in [-0.25, -0.2) is 18.2 Å². The lowest BCUT2D eigenvalue weighted by Gasteiger charge is -2.33. The third-order valence-corrected chi connectivity index (χ3v) is 4.49. The van der Waals surface area contributed by atoms with Crippen LogP contribution >= 0.6 is 0 Å². The van der Waals surface area contributed by atoms with E-state index in [2.05, 4.69) is 15.3 Å². The van der Waals surface area contributed by atoms with Gasteiger partial charge in [0.25, 0.3) is 18.3 Å². The van der Waals surface area contributed by atoms with Crippen LogP contribution in [0.4, 0.5) is 18.9 Å². The minimum absolute atomic E-state index is 0.00320. The van der Waals surface area contributed by atoms with Gasteiger partial charge in [-0.05, 0) is 37.3 Å². The maximum atomic E-state index is 14.7. The molecule has 0 spiro atoms. The Bertz CT molecular complexity index is 1070. The number of amidine groups is 1. The number of nitrogens with two attached hydrogens (primary N) is 1. The van der Waals surface area contributed by atoms with Gasteiger partial charge >= 0.3 is 0 Å².